The molecule has 7 heteroatoms. The Morgan fingerprint density at radius 3 is 2.47 bits per heavy atom. The average molecular weight is 433 g/mol. The Morgan fingerprint density at radius 1 is 1.06 bits per heavy atom. The largest absolute Gasteiger partial charge is 0.345 e. The third-order valence-corrected chi connectivity index (χ3v) is 5.54. The van der Waals surface area contributed by atoms with Gasteiger partial charge >= 0.3 is 0 Å². The van der Waals surface area contributed by atoms with E-state index in [0.717, 1.165) is 28.2 Å². The van der Waals surface area contributed by atoms with Gasteiger partial charge in [-0.15, -0.1) is 6.58 Å². The Kier molecular flexibility index (Phi) is 5.57. The van der Waals surface area contributed by atoms with Crippen LogP contribution in [0.2, 0.25) is 0 Å². The van der Waals surface area contributed by atoms with Crippen molar-refractivity contribution in [3.8, 4) is 11.3 Å². The van der Waals surface area contributed by atoms with Gasteiger partial charge < -0.3 is 4.57 Å². The van der Waals surface area contributed by atoms with Gasteiger partial charge in [-0.3, -0.25) is 9.59 Å². The molecule has 0 saturated heterocycles. The fraction of sp³-hybridized carbons (Fsp3) is 0.160. The molecule has 0 unspecified atom stereocenters. The predicted molar refractivity (Wildman–Crippen MR) is 120 cm³/mol. The Bertz CT molecular complexity index is 1430. The minimum absolute atomic E-state index is 0.269. The predicted octanol–water partition coefficient (Wildman–Crippen LogP) is 4.83. The van der Waals surface area contributed by atoms with Gasteiger partial charge in [0, 0.05) is 34.4 Å². The molecule has 32 heavy (non-hydrogen) atoms. The zero-order valence-corrected chi connectivity index (χ0v) is 17.7. The molecule has 0 atom stereocenters. The molecular weight excluding hydrogens is 412 g/mol. The van der Waals surface area contributed by atoms with Crippen LogP contribution < -0.4 is 5.56 Å². The second kappa shape index (κ2) is 8.34. The number of carbonyl (C=O) groups is 1. The van der Waals surface area contributed by atoms with E-state index >= 15 is 0 Å². The number of nitrogens with zero attached hydrogens (tertiary/aromatic N) is 3. The van der Waals surface area contributed by atoms with Gasteiger partial charge in [-0.1, -0.05) is 24.3 Å². The maximum absolute atomic E-state index is 13.9. The van der Waals surface area contributed by atoms with Crippen molar-refractivity contribution in [2.24, 2.45) is 0 Å². The van der Waals surface area contributed by atoms with Crippen molar-refractivity contribution in [2.75, 3.05) is 0 Å². The fourth-order valence-corrected chi connectivity index (χ4v) is 3.91. The highest BCUT2D eigenvalue weighted by molar-refractivity contribution is 5.98. The van der Waals surface area contributed by atoms with Crippen molar-refractivity contribution in [1.82, 2.24) is 14.3 Å². The van der Waals surface area contributed by atoms with Crippen molar-refractivity contribution >= 4 is 16.6 Å². The smallest absolute Gasteiger partial charge is 0.275 e. The lowest BCUT2D eigenvalue weighted by Crippen LogP contribution is -2.27. The highest BCUT2D eigenvalue weighted by atomic mass is 19.2. The highest BCUT2D eigenvalue weighted by Gasteiger charge is 2.19. The number of benzene rings is 2. The molecular formula is C25H21F2N3O2. The summed E-state index contributed by atoms with van der Waals surface area (Å²) in [6.07, 6.45) is 1.75. The van der Waals surface area contributed by atoms with E-state index in [4.69, 9.17) is 0 Å². The number of rotatable bonds is 6. The molecule has 2 heterocycles. The van der Waals surface area contributed by atoms with E-state index in [1.807, 2.05) is 18.4 Å². The molecule has 0 N–H and O–H groups in total. The monoisotopic (exact) mass is 433 g/mol. The van der Waals surface area contributed by atoms with E-state index in [-0.39, 0.29) is 12.3 Å². The van der Waals surface area contributed by atoms with Crippen molar-refractivity contribution in [3.63, 3.8) is 0 Å². The zero-order chi connectivity index (χ0) is 23.0. The molecule has 0 aliphatic heterocycles. The van der Waals surface area contributed by atoms with Gasteiger partial charge in [0.2, 0.25) is 0 Å². The molecule has 4 rings (SSSR count). The summed E-state index contributed by atoms with van der Waals surface area (Å²) in [6.45, 7) is 7.77. The molecule has 0 radical (unpaired) electrons. The number of hydrogen-bond acceptors (Lipinski definition) is 3. The van der Waals surface area contributed by atoms with Crippen LogP contribution in [0, 0.1) is 25.5 Å². The molecule has 4 aromatic rings. The summed E-state index contributed by atoms with van der Waals surface area (Å²) in [5.74, 6) is -2.26. The van der Waals surface area contributed by atoms with Crippen LogP contribution in [-0.2, 0) is 13.1 Å². The first-order chi connectivity index (χ1) is 15.3. The molecule has 0 bridgehead atoms. The fourth-order valence-electron chi connectivity index (χ4n) is 3.91. The molecule has 0 aliphatic rings. The number of aryl methyl sites for hydroxylation is 1. The summed E-state index contributed by atoms with van der Waals surface area (Å²) in [5, 5.41) is 5.21. The Hall–Kier alpha value is -3.87. The molecule has 0 fully saturated rings. The van der Waals surface area contributed by atoms with E-state index in [1.54, 1.807) is 36.4 Å². The maximum atomic E-state index is 13.9. The summed E-state index contributed by atoms with van der Waals surface area (Å²) < 4.78 is 30.4. The molecule has 162 valence electrons. The standard InChI is InChI=1S/C25H21F2N3O2/c1-4-11-29-15(2)12-20(16(29)3)23(31)14-30-25(32)19-8-6-5-7-18(19)24(28-30)17-9-10-21(26)22(27)13-17/h4-10,12-13H,1,11,14H2,2-3H3. The van der Waals surface area contributed by atoms with Gasteiger partial charge in [-0.2, -0.15) is 5.10 Å². The van der Waals surface area contributed by atoms with Gasteiger partial charge in [-0.25, -0.2) is 13.5 Å². The Labute approximate surface area is 183 Å². The first-order valence-electron chi connectivity index (χ1n) is 10.1. The summed E-state index contributed by atoms with van der Waals surface area (Å²) in [7, 11) is 0. The third-order valence-electron chi connectivity index (χ3n) is 5.54. The van der Waals surface area contributed by atoms with Gasteiger partial charge in [-0.05, 0) is 44.2 Å². The summed E-state index contributed by atoms with van der Waals surface area (Å²) >= 11 is 0. The van der Waals surface area contributed by atoms with Crippen LogP contribution >= 0.6 is 0 Å². The molecule has 5 nitrogen and oxygen atoms in total. The van der Waals surface area contributed by atoms with Crippen LogP contribution in [0.25, 0.3) is 22.0 Å². The maximum Gasteiger partial charge on any atom is 0.275 e. The topological polar surface area (TPSA) is 56.9 Å². The first kappa shape index (κ1) is 21.4. The lowest BCUT2D eigenvalue weighted by atomic mass is 10.0. The van der Waals surface area contributed by atoms with Crippen molar-refractivity contribution in [3.05, 3.63) is 100 Å². The van der Waals surface area contributed by atoms with Crippen LogP contribution in [0.1, 0.15) is 21.7 Å². The number of hydrogen-bond donors (Lipinski definition) is 0. The number of allylic oxidation sites excluding steroid dienone is 1. The molecule has 0 amide bonds. The first-order valence-corrected chi connectivity index (χ1v) is 10.1. The minimum Gasteiger partial charge on any atom is -0.345 e. The minimum atomic E-state index is -1.02. The number of aromatic nitrogens is 3. The molecule has 0 spiro atoms. The van der Waals surface area contributed by atoms with E-state index in [0.29, 0.717) is 34.1 Å². The van der Waals surface area contributed by atoms with Crippen LogP contribution in [0.3, 0.4) is 0 Å². The second-order valence-electron chi connectivity index (χ2n) is 7.59. The highest BCUT2D eigenvalue weighted by Crippen LogP contribution is 2.26. The van der Waals surface area contributed by atoms with Crippen molar-refractivity contribution in [1.29, 1.82) is 0 Å². The normalized spacial score (nSPS) is 11.1. The van der Waals surface area contributed by atoms with Crippen LogP contribution in [-0.4, -0.2) is 20.1 Å². The van der Waals surface area contributed by atoms with E-state index < -0.39 is 17.2 Å². The van der Waals surface area contributed by atoms with Crippen molar-refractivity contribution in [2.45, 2.75) is 26.9 Å². The molecule has 2 aromatic carbocycles. The summed E-state index contributed by atoms with van der Waals surface area (Å²) in [4.78, 5) is 26.1. The van der Waals surface area contributed by atoms with Gasteiger partial charge in [0.05, 0.1) is 11.1 Å². The second-order valence-corrected chi connectivity index (χ2v) is 7.59. The number of fused-ring (bicyclic) bond motifs is 1. The molecule has 2 aromatic heterocycles. The lowest BCUT2D eigenvalue weighted by Gasteiger charge is -2.11. The number of carbonyl (C=O) groups excluding carboxylic acids is 1. The van der Waals surface area contributed by atoms with Gasteiger partial charge in [0.15, 0.2) is 17.4 Å². The van der Waals surface area contributed by atoms with Crippen LogP contribution in [0.5, 0.6) is 0 Å². The zero-order valence-electron chi connectivity index (χ0n) is 17.7. The molecule has 0 saturated carbocycles. The van der Waals surface area contributed by atoms with Gasteiger partial charge in [0.25, 0.3) is 5.56 Å². The Morgan fingerprint density at radius 2 is 1.78 bits per heavy atom. The summed E-state index contributed by atoms with van der Waals surface area (Å²) in [6, 6.07) is 12.0. The van der Waals surface area contributed by atoms with E-state index in [1.165, 1.54) is 6.07 Å². The quantitative estimate of drug-likeness (QED) is 0.323. The van der Waals surface area contributed by atoms with Crippen molar-refractivity contribution < 1.29 is 13.6 Å². The lowest BCUT2D eigenvalue weighted by molar-refractivity contribution is 0.0965. The summed E-state index contributed by atoms with van der Waals surface area (Å²) in [5.41, 5.74) is 2.37. The SMILES string of the molecule is C=CCn1c(C)cc(C(=O)Cn2nc(-c3ccc(F)c(F)c3)c3ccccc3c2=O)c1C. The van der Waals surface area contributed by atoms with Crippen LogP contribution in [0.4, 0.5) is 8.78 Å². The number of ketones is 1. The van der Waals surface area contributed by atoms with Gasteiger partial charge in [0.1, 0.15) is 6.54 Å². The van der Waals surface area contributed by atoms with Crippen LogP contribution in [0.15, 0.2) is 66.0 Å². The molecule has 0 aliphatic carbocycles. The third kappa shape index (κ3) is 3.66. The number of Topliss-reactive ketones (excluding diaryl/α,β-unsaturated/α-hetero) is 1. The van der Waals surface area contributed by atoms with E-state index in [9.17, 15) is 18.4 Å². The average Bonchev–Trinajstić information content (AvgIpc) is 3.06. The Balaban J connectivity index is 1.83. The van der Waals surface area contributed by atoms with E-state index in [2.05, 4.69) is 11.7 Å². The number of halogens is 2.